The van der Waals surface area contributed by atoms with Crippen molar-refractivity contribution in [2.45, 2.75) is 50.2 Å². The number of hydrogen-bond acceptors (Lipinski definition) is 6. The zero-order chi connectivity index (χ0) is 22.7. The molecule has 166 valence electrons. The maximum absolute atomic E-state index is 12.7. The van der Waals surface area contributed by atoms with Crippen LogP contribution < -0.4 is 10.1 Å². The van der Waals surface area contributed by atoms with Crippen molar-refractivity contribution in [1.82, 2.24) is 15.3 Å². The molecule has 2 aromatic rings. The van der Waals surface area contributed by atoms with Gasteiger partial charge in [-0.15, -0.1) is 0 Å². The summed E-state index contributed by atoms with van der Waals surface area (Å²) in [5, 5.41) is 3.41. The molecule has 0 saturated heterocycles. The van der Waals surface area contributed by atoms with E-state index in [1.807, 2.05) is 0 Å². The van der Waals surface area contributed by atoms with Crippen LogP contribution in [0.25, 0.3) is 0 Å². The number of carbonyl (C=O) groups is 3. The minimum atomic E-state index is -2.73. The van der Waals surface area contributed by atoms with E-state index >= 15 is 0 Å². The second-order valence-electron chi connectivity index (χ2n) is 8.90. The fraction of sp³-hybridized carbons (Fsp3) is 0.409. The van der Waals surface area contributed by atoms with E-state index in [1.165, 1.54) is 6.07 Å². The summed E-state index contributed by atoms with van der Waals surface area (Å²) >= 11 is 5.92. The molecule has 3 saturated carbocycles. The van der Waals surface area contributed by atoms with E-state index in [4.69, 9.17) is 16.3 Å². The van der Waals surface area contributed by atoms with E-state index in [-0.39, 0.29) is 41.4 Å². The third-order valence-electron chi connectivity index (χ3n) is 6.42. The van der Waals surface area contributed by atoms with Crippen LogP contribution in [0, 0.1) is 5.41 Å². The van der Waals surface area contributed by atoms with Gasteiger partial charge in [0.25, 0.3) is 12.3 Å². The number of Topliss-reactive ketones (excluding diaryl/α,β-unsaturated/α-hetero) is 2. The SMILES string of the molecule is O=C(CC12CC(NC(=O)C3CC(=O)c4cc(Cl)ccc4O3)(C1)C2)c1cnc(C(F)F)cn1. The van der Waals surface area contributed by atoms with E-state index in [2.05, 4.69) is 15.3 Å². The van der Waals surface area contributed by atoms with Crippen LogP contribution in [0.3, 0.4) is 0 Å². The van der Waals surface area contributed by atoms with Crippen molar-refractivity contribution < 1.29 is 27.9 Å². The lowest BCUT2D eigenvalue weighted by Gasteiger charge is -2.70. The molecule has 32 heavy (non-hydrogen) atoms. The number of carbonyl (C=O) groups excluding carboxylic acids is 3. The summed E-state index contributed by atoms with van der Waals surface area (Å²) in [5.41, 5.74) is -0.655. The number of halogens is 3. The van der Waals surface area contributed by atoms with Crippen LogP contribution in [0.4, 0.5) is 8.78 Å². The molecule has 1 unspecified atom stereocenters. The van der Waals surface area contributed by atoms with Gasteiger partial charge in [0, 0.05) is 17.0 Å². The lowest BCUT2D eigenvalue weighted by Crippen LogP contribution is -2.75. The molecule has 6 rings (SSSR count). The number of fused-ring (bicyclic) bond motifs is 1. The van der Waals surface area contributed by atoms with E-state index in [9.17, 15) is 23.2 Å². The van der Waals surface area contributed by atoms with Gasteiger partial charge >= 0.3 is 0 Å². The molecule has 1 atom stereocenters. The molecule has 1 aliphatic heterocycles. The van der Waals surface area contributed by atoms with E-state index in [1.54, 1.807) is 12.1 Å². The van der Waals surface area contributed by atoms with Crippen LogP contribution in [-0.2, 0) is 4.79 Å². The number of nitrogens with one attached hydrogen (secondary N) is 1. The monoisotopic (exact) mass is 461 g/mol. The highest BCUT2D eigenvalue weighted by molar-refractivity contribution is 6.31. The molecular weight excluding hydrogens is 444 g/mol. The molecule has 2 bridgehead atoms. The van der Waals surface area contributed by atoms with Crippen molar-refractivity contribution in [2.75, 3.05) is 0 Å². The zero-order valence-corrected chi connectivity index (χ0v) is 17.5. The smallest absolute Gasteiger partial charge is 0.281 e. The molecular formula is C22H18ClF2N3O4. The first-order chi connectivity index (χ1) is 15.2. The van der Waals surface area contributed by atoms with E-state index in [0.717, 1.165) is 12.4 Å². The lowest BCUT2D eigenvalue weighted by atomic mass is 9.38. The van der Waals surface area contributed by atoms with Crippen molar-refractivity contribution in [1.29, 1.82) is 0 Å². The van der Waals surface area contributed by atoms with E-state index in [0.29, 0.717) is 35.6 Å². The Hall–Kier alpha value is -2.94. The van der Waals surface area contributed by atoms with Crippen molar-refractivity contribution in [3.63, 3.8) is 0 Å². The molecule has 1 amide bonds. The number of ketones is 2. The Morgan fingerprint density at radius 1 is 1.22 bits per heavy atom. The number of benzene rings is 1. The fourth-order valence-electron chi connectivity index (χ4n) is 5.13. The zero-order valence-electron chi connectivity index (χ0n) is 16.7. The minimum Gasteiger partial charge on any atom is -0.479 e. The van der Waals surface area contributed by atoms with Gasteiger partial charge in [0.05, 0.1) is 24.4 Å². The Morgan fingerprint density at radius 2 is 1.97 bits per heavy atom. The van der Waals surface area contributed by atoms with Crippen LogP contribution in [0.1, 0.15) is 65.1 Å². The molecule has 1 aromatic heterocycles. The molecule has 3 aliphatic carbocycles. The fourth-order valence-corrected chi connectivity index (χ4v) is 5.30. The normalized spacial score (nSPS) is 27.6. The lowest BCUT2D eigenvalue weighted by molar-refractivity contribution is -0.167. The highest BCUT2D eigenvalue weighted by Gasteiger charge is 2.68. The number of hydrogen-bond donors (Lipinski definition) is 1. The van der Waals surface area contributed by atoms with Gasteiger partial charge in [0.1, 0.15) is 17.1 Å². The maximum atomic E-state index is 12.7. The predicted octanol–water partition coefficient (Wildman–Crippen LogP) is 3.71. The quantitative estimate of drug-likeness (QED) is 0.658. The first-order valence-corrected chi connectivity index (χ1v) is 10.5. The Balaban J connectivity index is 1.16. The average Bonchev–Trinajstić information content (AvgIpc) is 2.71. The highest BCUT2D eigenvalue weighted by atomic mass is 35.5. The predicted molar refractivity (Wildman–Crippen MR) is 108 cm³/mol. The molecule has 7 nitrogen and oxygen atoms in total. The first-order valence-electron chi connectivity index (χ1n) is 10.1. The molecule has 1 aromatic carbocycles. The maximum Gasteiger partial charge on any atom is 0.281 e. The molecule has 1 N–H and O–H groups in total. The average molecular weight is 462 g/mol. The summed E-state index contributed by atoms with van der Waals surface area (Å²) in [6.07, 6.45) is 0.404. The number of amides is 1. The van der Waals surface area contributed by atoms with Gasteiger partial charge in [0.15, 0.2) is 17.7 Å². The molecule has 4 aliphatic rings. The standard InChI is InChI=1S/C22H18ClF2N3O4/c23-11-1-2-17-12(3-11)15(29)4-18(32-17)20(31)28-22-8-21(9-22,10-22)5-16(30)13-6-27-14(7-26-13)19(24)25/h1-3,6-7,18-19H,4-5,8-10H2,(H,28,31). The minimum absolute atomic E-state index is 0.0603. The third-order valence-corrected chi connectivity index (χ3v) is 6.65. The number of rotatable bonds is 6. The summed E-state index contributed by atoms with van der Waals surface area (Å²) in [5.74, 6) is -0.474. The Morgan fingerprint density at radius 3 is 2.62 bits per heavy atom. The number of alkyl halides is 2. The number of ether oxygens (including phenoxy) is 1. The van der Waals surface area contributed by atoms with Gasteiger partial charge in [-0.1, -0.05) is 11.6 Å². The first kappa shape index (κ1) is 20.9. The molecule has 10 heteroatoms. The van der Waals surface area contributed by atoms with Crippen LogP contribution in [-0.4, -0.2) is 39.1 Å². The molecule has 3 fully saturated rings. The van der Waals surface area contributed by atoms with Gasteiger partial charge in [-0.05, 0) is 42.9 Å². The largest absolute Gasteiger partial charge is 0.479 e. The van der Waals surface area contributed by atoms with Crippen molar-refractivity contribution in [3.05, 3.63) is 52.6 Å². The van der Waals surface area contributed by atoms with Gasteiger partial charge in [-0.3, -0.25) is 19.4 Å². The van der Waals surface area contributed by atoms with Gasteiger partial charge in [0.2, 0.25) is 0 Å². The van der Waals surface area contributed by atoms with Crippen LogP contribution >= 0.6 is 11.6 Å². The van der Waals surface area contributed by atoms with Crippen LogP contribution in [0.5, 0.6) is 5.75 Å². The second kappa shape index (κ2) is 7.30. The van der Waals surface area contributed by atoms with Crippen molar-refractivity contribution in [3.8, 4) is 5.75 Å². The molecule has 2 heterocycles. The Bertz CT molecular complexity index is 1120. The van der Waals surface area contributed by atoms with Gasteiger partial charge < -0.3 is 10.1 Å². The Labute approximate surface area is 186 Å². The summed E-state index contributed by atoms with van der Waals surface area (Å²) in [7, 11) is 0. The second-order valence-corrected chi connectivity index (χ2v) is 9.34. The number of aromatic nitrogens is 2. The van der Waals surface area contributed by atoms with Crippen LogP contribution in [0.15, 0.2) is 30.6 Å². The van der Waals surface area contributed by atoms with E-state index < -0.39 is 23.8 Å². The van der Waals surface area contributed by atoms with Crippen molar-refractivity contribution >= 4 is 29.1 Å². The summed E-state index contributed by atoms with van der Waals surface area (Å²) in [6.45, 7) is 0. The third kappa shape index (κ3) is 3.54. The highest BCUT2D eigenvalue weighted by Crippen LogP contribution is 2.69. The molecule has 0 radical (unpaired) electrons. The van der Waals surface area contributed by atoms with Crippen molar-refractivity contribution in [2.24, 2.45) is 5.41 Å². The summed E-state index contributed by atoms with van der Waals surface area (Å²) < 4.78 is 30.9. The molecule has 0 spiro atoms. The van der Waals surface area contributed by atoms with Gasteiger partial charge in [-0.2, -0.15) is 0 Å². The summed E-state index contributed by atoms with van der Waals surface area (Å²) in [6, 6.07) is 4.70. The van der Waals surface area contributed by atoms with Gasteiger partial charge in [-0.25, -0.2) is 13.8 Å². The topological polar surface area (TPSA) is 98.2 Å². The number of nitrogens with zero attached hydrogens (tertiary/aromatic N) is 2. The Kier molecular flexibility index (Phi) is 4.77. The van der Waals surface area contributed by atoms with Crippen LogP contribution in [0.2, 0.25) is 5.02 Å². The summed E-state index contributed by atoms with van der Waals surface area (Å²) in [4.78, 5) is 44.9.